The molecule has 1 aliphatic heterocycles. The lowest BCUT2D eigenvalue weighted by molar-refractivity contribution is -0.131. The molecule has 0 radical (unpaired) electrons. The Morgan fingerprint density at radius 1 is 1.28 bits per heavy atom. The van der Waals surface area contributed by atoms with E-state index in [0.717, 1.165) is 42.7 Å². The summed E-state index contributed by atoms with van der Waals surface area (Å²) in [5.74, 6) is 0.775. The zero-order valence-electron chi connectivity index (χ0n) is 19.0. The van der Waals surface area contributed by atoms with Gasteiger partial charge in [0.25, 0.3) is 5.56 Å². The zero-order chi connectivity index (χ0) is 22.8. The van der Waals surface area contributed by atoms with Crippen LogP contribution in [0.4, 0.5) is 0 Å². The van der Waals surface area contributed by atoms with Crippen molar-refractivity contribution < 1.29 is 9.53 Å². The number of carbonyl (C=O) groups excluding carboxylic acids is 1. The molecule has 0 saturated carbocycles. The molecule has 170 valence electrons. The van der Waals surface area contributed by atoms with Gasteiger partial charge in [0.2, 0.25) is 5.91 Å². The lowest BCUT2D eigenvalue weighted by atomic mass is 10.1. The predicted octanol–water partition coefficient (Wildman–Crippen LogP) is 4.82. The van der Waals surface area contributed by atoms with Crippen molar-refractivity contribution in [3.63, 3.8) is 0 Å². The SMILES string of the molecule is CCc1sc2nc(SC(C)C(=O)N3CCCCC3)n(-c3cccc(OC)c3)c(=O)c2c1C. The van der Waals surface area contributed by atoms with E-state index in [9.17, 15) is 9.59 Å². The maximum Gasteiger partial charge on any atom is 0.267 e. The standard InChI is InChI=1S/C24H29N3O3S2/c1-5-19-15(2)20-21(32-19)25-24(31-16(3)22(28)26-12-7-6-8-13-26)27(23(20)29)17-10-9-11-18(14-17)30-4/h9-11,14,16H,5-8,12-13H2,1-4H3. The van der Waals surface area contributed by atoms with E-state index in [1.54, 1.807) is 23.0 Å². The van der Waals surface area contributed by atoms with Crippen LogP contribution in [0.2, 0.25) is 0 Å². The smallest absolute Gasteiger partial charge is 0.267 e. The van der Waals surface area contributed by atoms with Gasteiger partial charge in [-0.3, -0.25) is 14.2 Å². The lowest BCUT2D eigenvalue weighted by Gasteiger charge is -2.29. The van der Waals surface area contributed by atoms with Crippen molar-refractivity contribution in [1.29, 1.82) is 0 Å². The second kappa shape index (κ2) is 9.67. The number of benzene rings is 1. The van der Waals surface area contributed by atoms with Crippen LogP contribution in [0.1, 0.15) is 43.6 Å². The summed E-state index contributed by atoms with van der Waals surface area (Å²) in [5, 5.41) is 0.868. The van der Waals surface area contributed by atoms with E-state index >= 15 is 0 Å². The normalized spacial score (nSPS) is 15.2. The van der Waals surface area contributed by atoms with Crippen molar-refractivity contribution >= 4 is 39.2 Å². The van der Waals surface area contributed by atoms with E-state index in [-0.39, 0.29) is 16.7 Å². The van der Waals surface area contributed by atoms with Crippen LogP contribution in [0.25, 0.3) is 15.9 Å². The summed E-state index contributed by atoms with van der Waals surface area (Å²) >= 11 is 2.93. The Balaban J connectivity index is 1.82. The average molecular weight is 472 g/mol. The first-order chi connectivity index (χ1) is 15.4. The maximum atomic E-state index is 13.7. The molecule has 4 rings (SSSR count). The van der Waals surface area contributed by atoms with Gasteiger partial charge >= 0.3 is 0 Å². The summed E-state index contributed by atoms with van der Waals surface area (Å²) in [7, 11) is 1.61. The molecule has 1 saturated heterocycles. The van der Waals surface area contributed by atoms with Crippen LogP contribution in [-0.2, 0) is 11.2 Å². The highest BCUT2D eigenvalue weighted by molar-refractivity contribution is 8.00. The fraction of sp³-hybridized carbons (Fsp3) is 0.458. The molecule has 1 aliphatic rings. The Kier molecular flexibility index (Phi) is 6.90. The van der Waals surface area contributed by atoms with Gasteiger partial charge in [0.05, 0.1) is 23.4 Å². The fourth-order valence-electron chi connectivity index (χ4n) is 4.18. The third-order valence-electron chi connectivity index (χ3n) is 5.96. The van der Waals surface area contributed by atoms with Crippen LogP contribution >= 0.6 is 23.1 Å². The quantitative estimate of drug-likeness (QED) is 0.381. The number of rotatable bonds is 6. The first-order valence-electron chi connectivity index (χ1n) is 11.1. The van der Waals surface area contributed by atoms with Crippen molar-refractivity contribution in [1.82, 2.24) is 14.5 Å². The zero-order valence-corrected chi connectivity index (χ0v) is 20.6. The number of piperidine rings is 1. The van der Waals surface area contributed by atoms with Gasteiger partial charge < -0.3 is 9.64 Å². The van der Waals surface area contributed by atoms with Crippen LogP contribution in [0.5, 0.6) is 5.75 Å². The second-order valence-electron chi connectivity index (χ2n) is 8.07. The molecule has 2 aromatic heterocycles. The Bertz CT molecular complexity index is 1200. The molecule has 3 aromatic rings. The number of carbonyl (C=O) groups is 1. The highest BCUT2D eigenvalue weighted by atomic mass is 32.2. The molecule has 1 fully saturated rings. The average Bonchev–Trinajstić information content (AvgIpc) is 3.14. The third kappa shape index (κ3) is 4.30. The highest BCUT2D eigenvalue weighted by Gasteiger charge is 2.26. The molecule has 3 heterocycles. The van der Waals surface area contributed by atoms with Crippen LogP contribution in [0, 0.1) is 6.92 Å². The van der Waals surface area contributed by atoms with Crippen molar-refractivity contribution in [3.8, 4) is 11.4 Å². The third-order valence-corrected chi connectivity index (χ3v) is 8.33. The second-order valence-corrected chi connectivity index (χ2v) is 10.5. The summed E-state index contributed by atoms with van der Waals surface area (Å²) in [6.45, 7) is 7.61. The molecule has 1 aromatic carbocycles. The van der Waals surface area contributed by atoms with E-state index in [4.69, 9.17) is 9.72 Å². The number of nitrogens with zero attached hydrogens (tertiary/aromatic N) is 3. The number of aromatic nitrogens is 2. The van der Waals surface area contributed by atoms with Gasteiger partial charge in [-0.2, -0.15) is 0 Å². The lowest BCUT2D eigenvalue weighted by Crippen LogP contribution is -2.40. The topological polar surface area (TPSA) is 64.4 Å². The Labute approximate surface area is 196 Å². The minimum atomic E-state index is -0.332. The molecule has 0 N–H and O–H groups in total. The van der Waals surface area contributed by atoms with Crippen LogP contribution in [-0.4, -0.2) is 45.8 Å². The number of aryl methyl sites for hydroxylation is 2. The van der Waals surface area contributed by atoms with Gasteiger partial charge in [0.1, 0.15) is 10.6 Å². The number of thioether (sulfide) groups is 1. The maximum absolute atomic E-state index is 13.7. The Hall–Kier alpha value is -2.32. The number of likely N-dealkylation sites (tertiary alicyclic amines) is 1. The van der Waals surface area contributed by atoms with Gasteiger partial charge in [0.15, 0.2) is 5.16 Å². The first kappa shape index (κ1) is 22.9. The van der Waals surface area contributed by atoms with Crippen molar-refractivity contribution in [2.24, 2.45) is 0 Å². The molecule has 1 unspecified atom stereocenters. The molecule has 32 heavy (non-hydrogen) atoms. The van der Waals surface area contributed by atoms with Gasteiger partial charge in [-0.1, -0.05) is 24.8 Å². The first-order valence-corrected chi connectivity index (χ1v) is 12.8. The minimum Gasteiger partial charge on any atom is -0.497 e. The molecule has 6 nitrogen and oxygen atoms in total. The molecule has 0 spiro atoms. The van der Waals surface area contributed by atoms with Crippen LogP contribution in [0.3, 0.4) is 0 Å². The molecule has 1 amide bonds. The number of ether oxygens (including phenoxy) is 1. The van der Waals surface area contributed by atoms with E-state index in [1.165, 1.54) is 23.1 Å². The molecule has 8 heteroatoms. The van der Waals surface area contributed by atoms with Crippen LogP contribution < -0.4 is 10.3 Å². The van der Waals surface area contributed by atoms with E-state index in [2.05, 4.69) is 6.92 Å². The monoisotopic (exact) mass is 471 g/mol. The molecule has 1 atom stereocenters. The molecular formula is C24H29N3O3S2. The summed E-state index contributed by atoms with van der Waals surface area (Å²) in [6.07, 6.45) is 4.14. The number of methoxy groups -OCH3 is 1. The van der Waals surface area contributed by atoms with Crippen molar-refractivity contribution in [2.45, 2.75) is 56.9 Å². The Morgan fingerprint density at radius 3 is 2.72 bits per heavy atom. The van der Waals surface area contributed by atoms with E-state index < -0.39 is 0 Å². The number of hydrogen-bond acceptors (Lipinski definition) is 6. The summed E-state index contributed by atoms with van der Waals surface area (Å²) in [4.78, 5) is 35.6. The minimum absolute atomic E-state index is 0.100. The molecule has 0 aliphatic carbocycles. The largest absolute Gasteiger partial charge is 0.497 e. The van der Waals surface area contributed by atoms with E-state index in [0.29, 0.717) is 22.0 Å². The van der Waals surface area contributed by atoms with Gasteiger partial charge in [-0.25, -0.2) is 4.98 Å². The number of hydrogen-bond donors (Lipinski definition) is 0. The number of amides is 1. The van der Waals surface area contributed by atoms with Gasteiger partial charge in [-0.15, -0.1) is 11.3 Å². The van der Waals surface area contributed by atoms with E-state index in [1.807, 2.05) is 43.0 Å². The number of thiophene rings is 1. The molecular weight excluding hydrogens is 442 g/mol. The van der Waals surface area contributed by atoms with Gasteiger partial charge in [0, 0.05) is 24.0 Å². The number of fused-ring (bicyclic) bond motifs is 1. The van der Waals surface area contributed by atoms with Crippen LogP contribution in [0.15, 0.2) is 34.2 Å². The fourth-order valence-corrected chi connectivity index (χ4v) is 6.35. The van der Waals surface area contributed by atoms with Crippen molar-refractivity contribution in [2.75, 3.05) is 20.2 Å². The van der Waals surface area contributed by atoms with Crippen molar-refractivity contribution in [3.05, 3.63) is 45.1 Å². The predicted molar refractivity (Wildman–Crippen MR) is 132 cm³/mol. The highest BCUT2D eigenvalue weighted by Crippen LogP contribution is 2.32. The van der Waals surface area contributed by atoms with Gasteiger partial charge in [-0.05, 0) is 57.2 Å². The summed E-state index contributed by atoms with van der Waals surface area (Å²) in [5.41, 5.74) is 1.58. The summed E-state index contributed by atoms with van der Waals surface area (Å²) in [6, 6.07) is 7.42. The molecule has 0 bridgehead atoms. The summed E-state index contributed by atoms with van der Waals surface area (Å²) < 4.78 is 7.02. The Morgan fingerprint density at radius 2 is 2.03 bits per heavy atom.